The zero-order chi connectivity index (χ0) is 18.8. The van der Waals surface area contributed by atoms with Crippen molar-refractivity contribution in [2.45, 2.75) is 18.9 Å². The lowest BCUT2D eigenvalue weighted by Crippen LogP contribution is -2.33. The number of carbonyl (C=O) groups is 1. The van der Waals surface area contributed by atoms with E-state index in [1.54, 1.807) is 12.1 Å². The lowest BCUT2D eigenvalue weighted by atomic mass is 9.98. The molecule has 6 nitrogen and oxygen atoms in total. The second-order valence-corrected chi connectivity index (χ2v) is 8.72. The summed E-state index contributed by atoms with van der Waals surface area (Å²) in [4.78, 5) is 15.4. The first-order valence-electron chi connectivity index (χ1n) is 8.97. The van der Waals surface area contributed by atoms with Crippen molar-refractivity contribution >= 4 is 39.0 Å². The van der Waals surface area contributed by atoms with Gasteiger partial charge in [0.15, 0.2) is 5.06 Å². The van der Waals surface area contributed by atoms with Gasteiger partial charge in [0.05, 0.1) is 4.88 Å². The first-order chi connectivity index (χ1) is 13.1. The molecular weight excluding hydrogens is 435 g/mol. The Hall–Kier alpha value is -1.74. The van der Waals surface area contributed by atoms with Crippen LogP contribution in [0.1, 0.15) is 22.5 Å². The summed E-state index contributed by atoms with van der Waals surface area (Å²) in [6.45, 7) is 1.01. The SMILES string of the molecule is O=C(c1ccc(OCCF)s1)N1C[C@@H]2CC[C@@H](Nc3ccc(Br)nn3)[C@@H]2C1. The number of fused-ring (bicyclic) bond motifs is 1. The number of halogens is 2. The normalized spacial score (nSPS) is 24.1. The molecule has 1 saturated carbocycles. The molecule has 1 N–H and O–H groups in total. The zero-order valence-corrected chi connectivity index (χ0v) is 17.0. The first-order valence-corrected chi connectivity index (χ1v) is 10.6. The molecule has 2 aromatic rings. The van der Waals surface area contributed by atoms with Crippen LogP contribution in [0.25, 0.3) is 0 Å². The number of alkyl halides is 1. The number of anilines is 1. The Balaban J connectivity index is 1.38. The van der Waals surface area contributed by atoms with E-state index in [-0.39, 0.29) is 12.5 Å². The van der Waals surface area contributed by atoms with Crippen molar-refractivity contribution in [1.82, 2.24) is 15.1 Å². The number of likely N-dealkylation sites (tertiary alicyclic amines) is 1. The maximum Gasteiger partial charge on any atom is 0.264 e. The van der Waals surface area contributed by atoms with E-state index in [2.05, 4.69) is 31.4 Å². The fourth-order valence-electron chi connectivity index (χ4n) is 4.00. The van der Waals surface area contributed by atoms with Crippen LogP contribution in [0.2, 0.25) is 0 Å². The molecule has 27 heavy (non-hydrogen) atoms. The van der Waals surface area contributed by atoms with Gasteiger partial charge < -0.3 is 15.0 Å². The molecule has 144 valence electrons. The van der Waals surface area contributed by atoms with Crippen LogP contribution in [0.4, 0.5) is 10.2 Å². The van der Waals surface area contributed by atoms with Gasteiger partial charge in [0, 0.05) is 25.0 Å². The highest BCUT2D eigenvalue weighted by Crippen LogP contribution is 2.40. The fourth-order valence-corrected chi connectivity index (χ4v) is 5.06. The monoisotopic (exact) mass is 454 g/mol. The number of thiophene rings is 1. The van der Waals surface area contributed by atoms with Gasteiger partial charge in [-0.25, -0.2) is 4.39 Å². The highest BCUT2D eigenvalue weighted by Gasteiger charge is 2.44. The molecule has 0 spiro atoms. The standard InChI is InChI=1S/C18H20BrFN4O2S/c19-15-4-5-16(23-22-15)21-13-2-1-11-9-24(10-12(11)13)18(25)14-3-6-17(27-14)26-8-7-20/h3-6,11-13H,1-2,7-10H2,(H,21,23)/t11-,12+,13+/m0/s1. The molecule has 0 unspecified atom stereocenters. The highest BCUT2D eigenvalue weighted by molar-refractivity contribution is 9.10. The van der Waals surface area contributed by atoms with Gasteiger partial charge in [-0.1, -0.05) is 11.3 Å². The Morgan fingerprint density at radius 2 is 2.19 bits per heavy atom. The number of nitrogens with zero attached hydrogens (tertiary/aromatic N) is 3. The number of ether oxygens (including phenoxy) is 1. The van der Waals surface area contributed by atoms with Crippen LogP contribution in [0.3, 0.4) is 0 Å². The molecule has 1 aliphatic carbocycles. The lowest BCUT2D eigenvalue weighted by molar-refractivity contribution is 0.0785. The summed E-state index contributed by atoms with van der Waals surface area (Å²) in [5, 5.41) is 12.2. The molecule has 4 rings (SSSR count). The predicted molar refractivity (Wildman–Crippen MR) is 105 cm³/mol. The van der Waals surface area contributed by atoms with Crippen LogP contribution in [-0.4, -0.2) is 53.4 Å². The molecule has 9 heteroatoms. The van der Waals surface area contributed by atoms with Crippen molar-refractivity contribution in [2.75, 3.05) is 31.7 Å². The molecule has 0 aromatic carbocycles. The van der Waals surface area contributed by atoms with E-state index < -0.39 is 6.67 Å². The third-order valence-electron chi connectivity index (χ3n) is 5.22. The Morgan fingerprint density at radius 3 is 2.96 bits per heavy atom. The second-order valence-electron chi connectivity index (χ2n) is 6.86. The summed E-state index contributed by atoms with van der Waals surface area (Å²) in [6.07, 6.45) is 2.18. The van der Waals surface area contributed by atoms with Crippen molar-refractivity contribution in [1.29, 1.82) is 0 Å². The largest absolute Gasteiger partial charge is 0.481 e. The third kappa shape index (κ3) is 4.08. The van der Waals surface area contributed by atoms with Crippen LogP contribution in [-0.2, 0) is 0 Å². The second kappa shape index (κ2) is 8.10. The summed E-state index contributed by atoms with van der Waals surface area (Å²) in [6, 6.07) is 7.58. The zero-order valence-electron chi connectivity index (χ0n) is 14.6. The van der Waals surface area contributed by atoms with Crippen molar-refractivity contribution < 1.29 is 13.9 Å². The number of rotatable bonds is 6. The maximum absolute atomic E-state index is 12.8. The topological polar surface area (TPSA) is 67.3 Å². The number of hydrogen-bond acceptors (Lipinski definition) is 6. The van der Waals surface area contributed by atoms with Crippen LogP contribution in [0, 0.1) is 11.8 Å². The van der Waals surface area contributed by atoms with Crippen LogP contribution < -0.4 is 10.1 Å². The summed E-state index contributed by atoms with van der Waals surface area (Å²) >= 11 is 4.57. The van der Waals surface area contributed by atoms with Crippen molar-refractivity contribution in [3.63, 3.8) is 0 Å². The van der Waals surface area contributed by atoms with Gasteiger partial charge in [0.1, 0.15) is 23.7 Å². The number of aromatic nitrogens is 2. The highest BCUT2D eigenvalue weighted by atomic mass is 79.9. The molecule has 2 aromatic heterocycles. The Bertz CT molecular complexity index is 803. The summed E-state index contributed by atoms with van der Waals surface area (Å²) in [7, 11) is 0. The number of carbonyl (C=O) groups excluding carboxylic acids is 1. The quantitative estimate of drug-likeness (QED) is 0.721. The smallest absolute Gasteiger partial charge is 0.264 e. The molecule has 2 fully saturated rings. The predicted octanol–water partition coefficient (Wildman–Crippen LogP) is 3.61. The van der Waals surface area contributed by atoms with Gasteiger partial charge in [-0.3, -0.25) is 4.79 Å². The molecule has 0 bridgehead atoms. The first kappa shape index (κ1) is 18.6. The molecule has 2 aliphatic rings. The molecule has 1 aliphatic heterocycles. The average molecular weight is 455 g/mol. The third-order valence-corrected chi connectivity index (χ3v) is 6.63. The van der Waals surface area contributed by atoms with Gasteiger partial charge in [-0.05, 0) is 59.0 Å². The van der Waals surface area contributed by atoms with Gasteiger partial charge in [-0.15, -0.1) is 10.2 Å². The van der Waals surface area contributed by atoms with E-state index in [0.29, 0.717) is 32.4 Å². The number of hydrogen-bond donors (Lipinski definition) is 1. The van der Waals surface area contributed by atoms with E-state index >= 15 is 0 Å². The molecule has 1 saturated heterocycles. The lowest BCUT2D eigenvalue weighted by Gasteiger charge is -2.21. The maximum atomic E-state index is 12.8. The van der Waals surface area contributed by atoms with Gasteiger partial charge in [0.2, 0.25) is 0 Å². The van der Waals surface area contributed by atoms with E-state index in [9.17, 15) is 9.18 Å². The molecule has 0 radical (unpaired) electrons. The van der Waals surface area contributed by atoms with Crippen molar-refractivity contribution in [3.8, 4) is 5.06 Å². The van der Waals surface area contributed by atoms with Gasteiger partial charge in [-0.2, -0.15) is 0 Å². The van der Waals surface area contributed by atoms with Crippen molar-refractivity contribution in [2.24, 2.45) is 11.8 Å². The van der Waals surface area contributed by atoms with Crippen LogP contribution >= 0.6 is 27.3 Å². The van der Waals surface area contributed by atoms with E-state index in [0.717, 1.165) is 31.7 Å². The number of amides is 1. The van der Waals surface area contributed by atoms with E-state index in [1.807, 2.05) is 17.0 Å². The molecular formula is C18H20BrFN4O2S. The fraction of sp³-hybridized carbons (Fsp3) is 0.500. The number of nitrogens with one attached hydrogen (secondary N) is 1. The van der Waals surface area contributed by atoms with Crippen LogP contribution in [0.5, 0.6) is 5.06 Å². The molecule has 3 atom stereocenters. The van der Waals surface area contributed by atoms with Gasteiger partial charge >= 0.3 is 0 Å². The van der Waals surface area contributed by atoms with E-state index in [4.69, 9.17) is 4.74 Å². The Labute approximate surface area is 169 Å². The van der Waals surface area contributed by atoms with E-state index in [1.165, 1.54) is 11.3 Å². The molecule has 3 heterocycles. The minimum absolute atomic E-state index is 0.0221. The Kier molecular flexibility index (Phi) is 5.58. The van der Waals surface area contributed by atoms with Crippen LogP contribution in [0.15, 0.2) is 28.9 Å². The minimum atomic E-state index is -0.534. The Morgan fingerprint density at radius 1 is 1.30 bits per heavy atom. The van der Waals surface area contributed by atoms with Crippen molar-refractivity contribution in [3.05, 3.63) is 33.7 Å². The average Bonchev–Trinajstić information content (AvgIpc) is 3.38. The molecule has 1 amide bonds. The van der Waals surface area contributed by atoms with Gasteiger partial charge in [0.25, 0.3) is 5.91 Å². The minimum Gasteiger partial charge on any atom is -0.481 e. The summed E-state index contributed by atoms with van der Waals surface area (Å²) < 4.78 is 18.2. The summed E-state index contributed by atoms with van der Waals surface area (Å²) in [5.41, 5.74) is 0. The summed E-state index contributed by atoms with van der Waals surface area (Å²) in [5.74, 6) is 1.73.